The lowest BCUT2D eigenvalue weighted by Crippen LogP contribution is -2.32. The first-order valence-corrected chi connectivity index (χ1v) is 8.71. The molecule has 1 atom stereocenters. The van der Waals surface area contributed by atoms with Gasteiger partial charge in [0.1, 0.15) is 0 Å². The quantitative estimate of drug-likeness (QED) is 0.785. The van der Waals surface area contributed by atoms with E-state index in [4.69, 9.17) is 0 Å². The molecular weight excluding hydrogens is 364 g/mol. The van der Waals surface area contributed by atoms with Gasteiger partial charge in [0.15, 0.2) is 0 Å². The van der Waals surface area contributed by atoms with Gasteiger partial charge in [-0.3, -0.25) is 4.79 Å². The SMILES string of the molecule is Cl.O=C(CCC1CCNC1)NCC1(c2ccccc2Br)CC1. The van der Waals surface area contributed by atoms with E-state index >= 15 is 0 Å². The van der Waals surface area contributed by atoms with E-state index in [1.807, 2.05) is 6.07 Å². The van der Waals surface area contributed by atoms with Crippen LogP contribution in [0, 0.1) is 5.92 Å². The Morgan fingerprint density at radius 1 is 1.36 bits per heavy atom. The summed E-state index contributed by atoms with van der Waals surface area (Å²) in [4.78, 5) is 12.0. The van der Waals surface area contributed by atoms with Crippen LogP contribution in [0.15, 0.2) is 28.7 Å². The maximum Gasteiger partial charge on any atom is 0.220 e. The van der Waals surface area contributed by atoms with Gasteiger partial charge in [-0.05, 0) is 56.3 Å². The lowest BCUT2D eigenvalue weighted by molar-refractivity contribution is -0.121. The van der Waals surface area contributed by atoms with E-state index in [1.165, 1.54) is 24.8 Å². The average molecular weight is 388 g/mol. The third kappa shape index (κ3) is 4.24. The van der Waals surface area contributed by atoms with Crippen molar-refractivity contribution in [3.8, 4) is 0 Å². The van der Waals surface area contributed by atoms with E-state index in [0.29, 0.717) is 12.3 Å². The summed E-state index contributed by atoms with van der Waals surface area (Å²) < 4.78 is 1.16. The number of hydrogen-bond donors (Lipinski definition) is 2. The molecule has 122 valence electrons. The predicted molar refractivity (Wildman–Crippen MR) is 95.5 cm³/mol. The summed E-state index contributed by atoms with van der Waals surface area (Å²) in [5, 5.41) is 6.51. The highest BCUT2D eigenvalue weighted by Crippen LogP contribution is 2.49. The smallest absolute Gasteiger partial charge is 0.220 e. The van der Waals surface area contributed by atoms with Crippen LogP contribution in [0.4, 0.5) is 0 Å². The van der Waals surface area contributed by atoms with Crippen molar-refractivity contribution in [3.05, 3.63) is 34.3 Å². The third-order valence-corrected chi connectivity index (χ3v) is 5.56. The molecular formula is C17H24BrClN2O. The normalized spacial score (nSPS) is 22.0. The van der Waals surface area contributed by atoms with Crippen molar-refractivity contribution in [2.24, 2.45) is 5.92 Å². The molecule has 22 heavy (non-hydrogen) atoms. The Hall–Kier alpha value is -0.580. The summed E-state index contributed by atoms with van der Waals surface area (Å²) in [7, 11) is 0. The summed E-state index contributed by atoms with van der Waals surface area (Å²) in [5.41, 5.74) is 1.51. The van der Waals surface area contributed by atoms with Crippen LogP contribution in [0.25, 0.3) is 0 Å². The molecule has 1 unspecified atom stereocenters. The molecule has 1 heterocycles. The Morgan fingerprint density at radius 3 is 2.77 bits per heavy atom. The standard InChI is InChI=1S/C17H23BrN2O.ClH/c18-15-4-2-1-3-14(15)17(8-9-17)12-20-16(21)6-5-13-7-10-19-11-13;/h1-4,13,19H,5-12H2,(H,20,21);1H. The second kappa shape index (κ2) is 7.80. The topological polar surface area (TPSA) is 41.1 Å². The van der Waals surface area contributed by atoms with Crippen molar-refractivity contribution in [3.63, 3.8) is 0 Å². The number of carbonyl (C=O) groups is 1. The number of carbonyl (C=O) groups excluding carboxylic acids is 1. The molecule has 2 N–H and O–H groups in total. The molecule has 2 aliphatic rings. The van der Waals surface area contributed by atoms with E-state index in [2.05, 4.69) is 44.8 Å². The molecule has 1 aliphatic carbocycles. The zero-order valence-corrected chi connectivity index (χ0v) is 15.1. The van der Waals surface area contributed by atoms with Crippen molar-refractivity contribution >= 4 is 34.2 Å². The maximum absolute atomic E-state index is 12.0. The van der Waals surface area contributed by atoms with Gasteiger partial charge in [-0.15, -0.1) is 12.4 Å². The number of hydrogen-bond acceptors (Lipinski definition) is 2. The van der Waals surface area contributed by atoms with Gasteiger partial charge in [0, 0.05) is 22.9 Å². The van der Waals surface area contributed by atoms with Crippen LogP contribution in [-0.2, 0) is 10.2 Å². The number of amides is 1. The van der Waals surface area contributed by atoms with E-state index in [1.54, 1.807) is 0 Å². The Labute approximate surface area is 147 Å². The summed E-state index contributed by atoms with van der Waals surface area (Å²) in [6, 6.07) is 8.38. The summed E-state index contributed by atoms with van der Waals surface area (Å²) >= 11 is 3.63. The minimum atomic E-state index is 0. The minimum Gasteiger partial charge on any atom is -0.355 e. The fourth-order valence-electron chi connectivity index (χ4n) is 3.24. The summed E-state index contributed by atoms with van der Waals surface area (Å²) in [6.45, 7) is 2.96. The molecule has 1 aliphatic heterocycles. The van der Waals surface area contributed by atoms with Gasteiger partial charge < -0.3 is 10.6 Å². The van der Waals surface area contributed by atoms with Crippen molar-refractivity contribution in [2.45, 2.75) is 37.5 Å². The highest BCUT2D eigenvalue weighted by Gasteiger charge is 2.45. The summed E-state index contributed by atoms with van der Waals surface area (Å²) in [6.07, 6.45) is 5.23. The largest absolute Gasteiger partial charge is 0.355 e. The highest BCUT2D eigenvalue weighted by molar-refractivity contribution is 9.10. The van der Waals surface area contributed by atoms with E-state index in [-0.39, 0.29) is 23.7 Å². The molecule has 3 rings (SSSR count). The molecule has 0 bridgehead atoms. The number of nitrogens with one attached hydrogen (secondary N) is 2. The van der Waals surface area contributed by atoms with Gasteiger partial charge in [-0.2, -0.15) is 0 Å². The molecule has 2 fully saturated rings. The van der Waals surface area contributed by atoms with Gasteiger partial charge in [0.05, 0.1) is 0 Å². The van der Waals surface area contributed by atoms with Crippen molar-refractivity contribution in [2.75, 3.05) is 19.6 Å². The second-order valence-electron chi connectivity index (χ2n) is 6.43. The van der Waals surface area contributed by atoms with Crippen LogP contribution < -0.4 is 10.6 Å². The fourth-order valence-corrected chi connectivity index (χ4v) is 3.94. The lowest BCUT2D eigenvalue weighted by Gasteiger charge is -2.18. The Bertz CT molecular complexity index is 513. The van der Waals surface area contributed by atoms with Gasteiger partial charge >= 0.3 is 0 Å². The monoisotopic (exact) mass is 386 g/mol. The van der Waals surface area contributed by atoms with Gasteiger partial charge in [0.2, 0.25) is 5.91 Å². The highest BCUT2D eigenvalue weighted by atomic mass is 79.9. The zero-order valence-electron chi connectivity index (χ0n) is 12.7. The van der Waals surface area contributed by atoms with Crippen LogP contribution in [0.5, 0.6) is 0 Å². The van der Waals surface area contributed by atoms with Crippen LogP contribution in [-0.4, -0.2) is 25.5 Å². The molecule has 1 saturated carbocycles. The van der Waals surface area contributed by atoms with Crippen molar-refractivity contribution < 1.29 is 4.79 Å². The first-order valence-electron chi connectivity index (χ1n) is 7.92. The van der Waals surface area contributed by atoms with Crippen LogP contribution in [0.2, 0.25) is 0 Å². The Balaban J connectivity index is 0.00000176. The molecule has 0 spiro atoms. The predicted octanol–water partition coefficient (Wildman–Crippen LogP) is 3.41. The molecule has 1 saturated heterocycles. The summed E-state index contributed by atoms with van der Waals surface area (Å²) in [5.74, 6) is 0.897. The van der Waals surface area contributed by atoms with E-state index < -0.39 is 0 Å². The molecule has 1 aromatic carbocycles. The maximum atomic E-state index is 12.0. The zero-order chi connectivity index (χ0) is 14.7. The first-order chi connectivity index (χ1) is 10.2. The van der Waals surface area contributed by atoms with Crippen LogP contribution >= 0.6 is 28.3 Å². The van der Waals surface area contributed by atoms with Crippen molar-refractivity contribution in [1.82, 2.24) is 10.6 Å². The first kappa shape index (κ1) is 17.8. The van der Waals surface area contributed by atoms with Gasteiger partial charge in [-0.1, -0.05) is 34.1 Å². The van der Waals surface area contributed by atoms with Crippen molar-refractivity contribution in [1.29, 1.82) is 0 Å². The molecule has 0 radical (unpaired) electrons. The molecule has 1 amide bonds. The fraction of sp³-hybridized carbons (Fsp3) is 0.588. The number of rotatable bonds is 6. The van der Waals surface area contributed by atoms with Gasteiger partial charge in [-0.25, -0.2) is 0 Å². The molecule has 0 aromatic heterocycles. The van der Waals surface area contributed by atoms with Crippen LogP contribution in [0.3, 0.4) is 0 Å². The number of benzene rings is 1. The molecule has 3 nitrogen and oxygen atoms in total. The van der Waals surface area contributed by atoms with Crippen LogP contribution in [0.1, 0.15) is 37.7 Å². The molecule has 5 heteroatoms. The number of halogens is 2. The Kier molecular flexibility index (Phi) is 6.30. The third-order valence-electron chi connectivity index (χ3n) is 4.86. The molecule has 1 aromatic rings. The van der Waals surface area contributed by atoms with E-state index in [0.717, 1.165) is 30.5 Å². The van der Waals surface area contributed by atoms with E-state index in [9.17, 15) is 4.79 Å². The van der Waals surface area contributed by atoms with Gasteiger partial charge in [0.25, 0.3) is 0 Å². The Morgan fingerprint density at radius 2 is 2.14 bits per heavy atom. The average Bonchev–Trinajstić information content (AvgIpc) is 3.09. The lowest BCUT2D eigenvalue weighted by atomic mass is 9.95. The minimum absolute atomic E-state index is 0. The second-order valence-corrected chi connectivity index (χ2v) is 7.29.